The number of aliphatic imine (C=N–C) groups is 1. The van der Waals surface area contributed by atoms with Gasteiger partial charge < -0.3 is 4.74 Å². The Labute approximate surface area is 152 Å². The molecule has 25 heavy (non-hydrogen) atoms. The predicted molar refractivity (Wildman–Crippen MR) is 104 cm³/mol. The quantitative estimate of drug-likeness (QED) is 0.756. The maximum atomic E-state index is 12.8. The van der Waals surface area contributed by atoms with Gasteiger partial charge in [-0.3, -0.25) is 9.69 Å². The second kappa shape index (κ2) is 8.14. The molecular weight excluding hydrogens is 332 g/mol. The van der Waals surface area contributed by atoms with Crippen molar-refractivity contribution in [3.63, 3.8) is 0 Å². The average molecular weight is 352 g/mol. The highest BCUT2D eigenvalue weighted by Crippen LogP contribution is 2.34. The van der Waals surface area contributed by atoms with Gasteiger partial charge in [0, 0.05) is 7.11 Å². The molecule has 0 aromatic heterocycles. The largest absolute Gasteiger partial charge is 0.383 e. The second-order valence-corrected chi connectivity index (χ2v) is 6.71. The molecule has 1 heterocycles. The summed E-state index contributed by atoms with van der Waals surface area (Å²) in [4.78, 5) is 19.8. The third-order valence-electron chi connectivity index (χ3n) is 3.73. The van der Waals surface area contributed by atoms with Gasteiger partial charge in [-0.15, -0.1) is 0 Å². The Morgan fingerprint density at radius 3 is 2.68 bits per heavy atom. The summed E-state index contributed by atoms with van der Waals surface area (Å²) in [5.41, 5.74) is 3.01. The maximum Gasteiger partial charge on any atom is 0.266 e. The molecule has 2 aromatic rings. The number of hydrogen-bond acceptors (Lipinski definition) is 4. The van der Waals surface area contributed by atoms with Crippen molar-refractivity contribution in [3.05, 3.63) is 70.6 Å². The highest BCUT2D eigenvalue weighted by molar-refractivity contribution is 8.18. The van der Waals surface area contributed by atoms with Gasteiger partial charge in [-0.25, -0.2) is 4.99 Å². The highest BCUT2D eigenvalue weighted by atomic mass is 32.2. The summed E-state index contributed by atoms with van der Waals surface area (Å²) in [5.74, 6) is -0.0294. The zero-order valence-corrected chi connectivity index (χ0v) is 15.1. The summed E-state index contributed by atoms with van der Waals surface area (Å²) in [6, 6.07) is 17.8. The Kier molecular flexibility index (Phi) is 5.68. The second-order valence-electron chi connectivity index (χ2n) is 5.70. The molecule has 2 aromatic carbocycles. The van der Waals surface area contributed by atoms with Gasteiger partial charge >= 0.3 is 0 Å². The van der Waals surface area contributed by atoms with Crippen LogP contribution < -0.4 is 0 Å². The number of benzene rings is 2. The molecule has 0 aliphatic carbocycles. The lowest BCUT2D eigenvalue weighted by molar-refractivity contribution is -0.122. The molecule has 1 aliphatic rings. The van der Waals surface area contributed by atoms with E-state index < -0.39 is 0 Å². The Bertz CT molecular complexity index is 815. The lowest BCUT2D eigenvalue weighted by atomic mass is 10.1. The van der Waals surface area contributed by atoms with Crippen LogP contribution in [0.5, 0.6) is 0 Å². The van der Waals surface area contributed by atoms with Crippen LogP contribution in [0, 0.1) is 6.92 Å². The lowest BCUT2D eigenvalue weighted by Gasteiger charge is -2.14. The van der Waals surface area contributed by atoms with E-state index in [2.05, 4.69) is 11.1 Å². The van der Waals surface area contributed by atoms with Crippen LogP contribution in [0.2, 0.25) is 0 Å². The van der Waals surface area contributed by atoms with Crippen molar-refractivity contribution < 1.29 is 9.53 Å². The monoisotopic (exact) mass is 352 g/mol. The number of thioether (sulfide) groups is 1. The fourth-order valence-electron chi connectivity index (χ4n) is 2.50. The molecule has 3 rings (SSSR count). The molecule has 1 aliphatic heterocycles. The van der Waals surface area contributed by atoms with E-state index in [-0.39, 0.29) is 5.91 Å². The number of amidine groups is 1. The summed E-state index contributed by atoms with van der Waals surface area (Å²) in [5, 5.41) is 0.687. The SMILES string of the molecule is COCCN1C(=O)C(=Cc2cccc(C)c2)SC1=Nc1ccccc1. The molecule has 0 N–H and O–H groups in total. The van der Waals surface area contributed by atoms with Crippen molar-refractivity contribution >= 4 is 34.6 Å². The van der Waals surface area contributed by atoms with Crippen molar-refractivity contribution in [1.82, 2.24) is 4.90 Å². The van der Waals surface area contributed by atoms with Crippen LogP contribution in [0.1, 0.15) is 11.1 Å². The third kappa shape index (κ3) is 4.38. The minimum atomic E-state index is -0.0294. The van der Waals surface area contributed by atoms with E-state index in [4.69, 9.17) is 4.74 Å². The summed E-state index contributed by atoms with van der Waals surface area (Å²) >= 11 is 1.40. The standard InChI is InChI=1S/C20H20N2O2S/c1-15-7-6-8-16(13-15)14-18-19(23)22(11-12-24-2)20(25-18)21-17-9-4-3-5-10-17/h3-10,13-14H,11-12H2,1-2H3. The first-order valence-corrected chi connectivity index (χ1v) is 8.90. The van der Waals surface area contributed by atoms with E-state index in [0.717, 1.165) is 11.3 Å². The van der Waals surface area contributed by atoms with Gasteiger partial charge in [0.25, 0.3) is 5.91 Å². The number of ether oxygens (including phenoxy) is 1. The summed E-state index contributed by atoms with van der Waals surface area (Å²) in [6.45, 7) is 3.00. The van der Waals surface area contributed by atoms with Crippen LogP contribution >= 0.6 is 11.8 Å². The van der Waals surface area contributed by atoms with Crippen LogP contribution in [0.3, 0.4) is 0 Å². The molecule has 0 radical (unpaired) electrons. The number of carbonyl (C=O) groups is 1. The molecule has 128 valence electrons. The molecule has 0 atom stereocenters. The molecule has 1 fully saturated rings. The Balaban J connectivity index is 1.92. The molecular formula is C20H20N2O2S. The van der Waals surface area contributed by atoms with Crippen LogP contribution in [-0.4, -0.2) is 36.2 Å². The van der Waals surface area contributed by atoms with E-state index in [1.807, 2.05) is 61.5 Å². The molecule has 0 unspecified atom stereocenters. The normalized spacial score (nSPS) is 17.7. The smallest absolute Gasteiger partial charge is 0.266 e. The van der Waals surface area contributed by atoms with E-state index >= 15 is 0 Å². The van der Waals surface area contributed by atoms with E-state index in [9.17, 15) is 4.79 Å². The molecule has 0 saturated carbocycles. The van der Waals surface area contributed by atoms with Crippen molar-refractivity contribution in [1.29, 1.82) is 0 Å². The zero-order chi connectivity index (χ0) is 17.6. The number of aryl methyl sites for hydroxylation is 1. The van der Waals surface area contributed by atoms with E-state index in [0.29, 0.717) is 23.2 Å². The zero-order valence-electron chi connectivity index (χ0n) is 14.3. The van der Waals surface area contributed by atoms with Crippen molar-refractivity contribution in [2.24, 2.45) is 4.99 Å². The fraction of sp³-hybridized carbons (Fsp3) is 0.200. The minimum absolute atomic E-state index is 0.0294. The molecule has 5 heteroatoms. The first kappa shape index (κ1) is 17.5. The Morgan fingerprint density at radius 2 is 1.96 bits per heavy atom. The first-order valence-electron chi connectivity index (χ1n) is 8.08. The maximum absolute atomic E-state index is 12.8. The van der Waals surface area contributed by atoms with Crippen LogP contribution in [0.4, 0.5) is 5.69 Å². The van der Waals surface area contributed by atoms with Gasteiger partial charge in [-0.2, -0.15) is 0 Å². The first-order chi connectivity index (χ1) is 12.2. The lowest BCUT2D eigenvalue weighted by Crippen LogP contribution is -2.32. The molecule has 1 saturated heterocycles. The number of methoxy groups -OCH3 is 1. The van der Waals surface area contributed by atoms with Crippen molar-refractivity contribution in [3.8, 4) is 0 Å². The predicted octanol–water partition coefficient (Wildman–Crippen LogP) is 4.25. The third-order valence-corrected chi connectivity index (χ3v) is 4.73. The molecule has 0 bridgehead atoms. The molecule has 1 amide bonds. The van der Waals surface area contributed by atoms with Gasteiger partial charge in [0.15, 0.2) is 5.17 Å². The topological polar surface area (TPSA) is 41.9 Å². The number of hydrogen-bond donors (Lipinski definition) is 0. The molecule has 4 nitrogen and oxygen atoms in total. The number of para-hydroxylation sites is 1. The van der Waals surface area contributed by atoms with E-state index in [1.54, 1.807) is 12.0 Å². The van der Waals surface area contributed by atoms with Crippen LogP contribution in [-0.2, 0) is 9.53 Å². The van der Waals surface area contributed by atoms with Gasteiger partial charge in [-0.1, -0.05) is 48.0 Å². The van der Waals surface area contributed by atoms with E-state index in [1.165, 1.54) is 17.3 Å². The van der Waals surface area contributed by atoms with Gasteiger partial charge in [0.05, 0.1) is 23.7 Å². The average Bonchev–Trinajstić information content (AvgIpc) is 2.89. The van der Waals surface area contributed by atoms with Gasteiger partial charge in [-0.05, 0) is 42.5 Å². The van der Waals surface area contributed by atoms with Crippen LogP contribution in [0.25, 0.3) is 6.08 Å². The summed E-state index contributed by atoms with van der Waals surface area (Å²) < 4.78 is 5.14. The number of rotatable bonds is 5. The summed E-state index contributed by atoms with van der Waals surface area (Å²) in [6.07, 6.45) is 1.92. The number of amides is 1. The highest BCUT2D eigenvalue weighted by Gasteiger charge is 2.33. The van der Waals surface area contributed by atoms with Crippen LogP contribution in [0.15, 0.2) is 64.5 Å². The Morgan fingerprint density at radius 1 is 1.16 bits per heavy atom. The number of nitrogens with zero attached hydrogens (tertiary/aromatic N) is 2. The van der Waals surface area contributed by atoms with Gasteiger partial charge in [0.2, 0.25) is 0 Å². The van der Waals surface area contributed by atoms with Crippen molar-refractivity contribution in [2.75, 3.05) is 20.3 Å². The minimum Gasteiger partial charge on any atom is -0.383 e. The molecule has 0 spiro atoms. The fourth-order valence-corrected chi connectivity index (χ4v) is 3.52. The van der Waals surface area contributed by atoms with Gasteiger partial charge in [0.1, 0.15) is 0 Å². The number of carbonyl (C=O) groups excluding carboxylic acids is 1. The Hall–Kier alpha value is -2.37. The summed E-state index contributed by atoms with van der Waals surface area (Å²) in [7, 11) is 1.63. The van der Waals surface area contributed by atoms with Crippen molar-refractivity contribution in [2.45, 2.75) is 6.92 Å².